The number of nitrogens with one attached hydrogen (secondary N) is 1. The smallest absolute Gasteiger partial charge is 0.335 e. The fourth-order valence-corrected chi connectivity index (χ4v) is 3.44. The Labute approximate surface area is 134 Å². The summed E-state index contributed by atoms with van der Waals surface area (Å²) in [7, 11) is -3.87. The zero-order valence-corrected chi connectivity index (χ0v) is 13.5. The monoisotopic (exact) mass is 335 g/mol. The summed E-state index contributed by atoms with van der Waals surface area (Å²) in [6, 6.07) is 7.41. The second-order valence-corrected chi connectivity index (χ2v) is 6.99. The fraction of sp³-hybridized carbons (Fsp3) is 0.267. The first-order chi connectivity index (χ1) is 10.8. The Hall–Kier alpha value is -2.32. The van der Waals surface area contributed by atoms with Crippen LogP contribution in [-0.4, -0.2) is 29.7 Å². The number of carboxylic acids is 1. The highest BCUT2D eigenvalue weighted by Gasteiger charge is 2.22. The Kier molecular flexibility index (Phi) is 5.07. The predicted octanol–water partition coefficient (Wildman–Crippen LogP) is 1.78. The lowest BCUT2D eigenvalue weighted by Crippen LogP contribution is -2.25. The van der Waals surface area contributed by atoms with Crippen LogP contribution in [0.2, 0.25) is 0 Å². The topological polar surface area (TPSA) is 109 Å². The Balaban J connectivity index is 2.37. The van der Waals surface area contributed by atoms with Crippen LogP contribution in [0.15, 0.2) is 41.4 Å². The van der Waals surface area contributed by atoms with Gasteiger partial charge in [0, 0.05) is 6.20 Å². The summed E-state index contributed by atoms with van der Waals surface area (Å²) in [5, 5.41) is 16.6. The third-order valence-electron chi connectivity index (χ3n) is 3.24. The van der Waals surface area contributed by atoms with Crippen LogP contribution in [0, 0.1) is 0 Å². The quantitative estimate of drug-likeness (QED) is 0.833. The molecule has 0 fully saturated rings. The number of sulfonamides is 1. The Bertz CT molecular complexity index is 805. The molecule has 2 aromatic rings. The highest BCUT2D eigenvalue weighted by Crippen LogP contribution is 2.25. The van der Waals surface area contributed by atoms with Gasteiger partial charge in [0.1, 0.15) is 0 Å². The zero-order chi connectivity index (χ0) is 17.0. The Morgan fingerprint density at radius 3 is 2.61 bits per heavy atom. The number of carbonyl (C=O) groups is 1. The van der Waals surface area contributed by atoms with Crippen molar-refractivity contribution in [2.75, 3.05) is 0 Å². The second-order valence-electron chi connectivity index (χ2n) is 5.25. The molecule has 0 spiro atoms. The molecule has 0 aliphatic carbocycles. The van der Waals surface area contributed by atoms with Crippen LogP contribution in [0.1, 0.15) is 41.4 Å². The van der Waals surface area contributed by atoms with E-state index >= 15 is 0 Å². The van der Waals surface area contributed by atoms with E-state index in [-0.39, 0.29) is 22.9 Å². The summed E-state index contributed by atoms with van der Waals surface area (Å²) in [6.45, 7) is 3.67. The summed E-state index contributed by atoms with van der Waals surface area (Å²) in [6.07, 6.45) is 1.49. The summed E-state index contributed by atoms with van der Waals surface area (Å²) < 4.78 is 27.5. The standard InChI is InChI=1S/C15H17N3O4S/c1-10(2)13-6-5-11(15(19)20)8-14(13)23(21,22)17-9-12-4-3-7-16-18-12/h3-8,10,17H,9H2,1-2H3,(H,19,20). The SMILES string of the molecule is CC(C)c1ccc(C(=O)O)cc1S(=O)(=O)NCc1cccnn1. The lowest BCUT2D eigenvalue weighted by atomic mass is 10.0. The second kappa shape index (κ2) is 6.84. The van der Waals surface area contributed by atoms with Gasteiger partial charge < -0.3 is 5.11 Å². The third kappa shape index (κ3) is 4.11. The van der Waals surface area contributed by atoms with Gasteiger partial charge in [-0.3, -0.25) is 0 Å². The fourth-order valence-electron chi connectivity index (χ4n) is 2.05. The van der Waals surface area contributed by atoms with Gasteiger partial charge in [0.15, 0.2) is 0 Å². The molecule has 1 aromatic heterocycles. The molecule has 0 amide bonds. The highest BCUT2D eigenvalue weighted by molar-refractivity contribution is 7.89. The molecule has 1 heterocycles. The molecule has 1 aromatic carbocycles. The molecule has 7 nitrogen and oxygen atoms in total. The van der Waals surface area contributed by atoms with Gasteiger partial charge >= 0.3 is 5.97 Å². The number of carboxylic acid groups (broad SMARTS) is 1. The van der Waals surface area contributed by atoms with E-state index in [4.69, 9.17) is 5.11 Å². The van der Waals surface area contributed by atoms with E-state index in [1.807, 2.05) is 13.8 Å². The minimum Gasteiger partial charge on any atom is -0.478 e. The molecule has 0 aliphatic heterocycles. The van der Waals surface area contributed by atoms with Crippen molar-refractivity contribution in [3.05, 3.63) is 53.3 Å². The van der Waals surface area contributed by atoms with Crippen molar-refractivity contribution in [3.8, 4) is 0 Å². The van der Waals surface area contributed by atoms with E-state index in [1.54, 1.807) is 12.1 Å². The number of aromatic carboxylic acids is 1. The van der Waals surface area contributed by atoms with Gasteiger partial charge in [0.05, 0.1) is 22.7 Å². The average molecular weight is 335 g/mol. The molecule has 8 heteroatoms. The number of benzene rings is 1. The first-order valence-electron chi connectivity index (χ1n) is 6.94. The third-order valence-corrected chi connectivity index (χ3v) is 4.70. The van der Waals surface area contributed by atoms with Crippen molar-refractivity contribution in [1.82, 2.24) is 14.9 Å². The van der Waals surface area contributed by atoms with Crippen molar-refractivity contribution in [2.45, 2.75) is 31.2 Å². The lowest BCUT2D eigenvalue weighted by Gasteiger charge is -2.14. The molecule has 0 aliphatic rings. The maximum absolute atomic E-state index is 12.6. The molecular formula is C15H17N3O4S. The number of nitrogens with zero attached hydrogens (tertiary/aromatic N) is 2. The molecule has 23 heavy (non-hydrogen) atoms. The molecule has 2 rings (SSSR count). The van der Waals surface area contributed by atoms with Gasteiger partial charge in [0.25, 0.3) is 0 Å². The molecule has 0 saturated carbocycles. The van der Waals surface area contributed by atoms with Crippen molar-refractivity contribution in [3.63, 3.8) is 0 Å². The molecular weight excluding hydrogens is 318 g/mol. The van der Waals surface area contributed by atoms with E-state index in [9.17, 15) is 13.2 Å². The average Bonchev–Trinajstić information content (AvgIpc) is 2.53. The van der Waals surface area contributed by atoms with Crippen molar-refractivity contribution in [1.29, 1.82) is 0 Å². The Morgan fingerprint density at radius 1 is 1.30 bits per heavy atom. The highest BCUT2D eigenvalue weighted by atomic mass is 32.2. The maximum Gasteiger partial charge on any atom is 0.335 e. The van der Waals surface area contributed by atoms with Crippen LogP contribution in [0.3, 0.4) is 0 Å². The van der Waals surface area contributed by atoms with Crippen LogP contribution >= 0.6 is 0 Å². The largest absolute Gasteiger partial charge is 0.478 e. The first kappa shape index (κ1) is 17.0. The number of hydrogen-bond donors (Lipinski definition) is 2. The van der Waals surface area contributed by atoms with Crippen LogP contribution in [0.4, 0.5) is 0 Å². The minimum absolute atomic E-state index is 0.0228. The van der Waals surface area contributed by atoms with Gasteiger partial charge in [-0.25, -0.2) is 17.9 Å². The molecule has 0 saturated heterocycles. The summed E-state index contributed by atoms with van der Waals surface area (Å²) in [4.78, 5) is 11.1. The molecule has 0 atom stereocenters. The summed E-state index contributed by atoms with van der Waals surface area (Å²) in [5.41, 5.74) is 0.951. The van der Waals surface area contributed by atoms with E-state index in [2.05, 4.69) is 14.9 Å². The van der Waals surface area contributed by atoms with E-state index < -0.39 is 16.0 Å². The van der Waals surface area contributed by atoms with Crippen LogP contribution in [0.5, 0.6) is 0 Å². The molecule has 0 radical (unpaired) electrons. The zero-order valence-electron chi connectivity index (χ0n) is 12.7. The van der Waals surface area contributed by atoms with Gasteiger partial charge in [0.2, 0.25) is 10.0 Å². The van der Waals surface area contributed by atoms with Crippen molar-refractivity contribution < 1.29 is 18.3 Å². The minimum atomic E-state index is -3.87. The summed E-state index contributed by atoms with van der Waals surface area (Å²) in [5.74, 6) is -1.24. The van der Waals surface area contributed by atoms with Crippen molar-refractivity contribution >= 4 is 16.0 Å². The van der Waals surface area contributed by atoms with Crippen LogP contribution in [-0.2, 0) is 16.6 Å². The van der Waals surface area contributed by atoms with E-state index in [1.165, 1.54) is 24.4 Å². The van der Waals surface area contributed by atoms with E-state index in [0.717, 1.165) is 0 Å². The maximum atomic E-state index is 12.6. The number of aromatic nitrogens is 2. The number of hydrogen-bond acceptors (Lipinski definition) is 5. The molecule has 2 N–H and O–H groups in total. The lowest BCUT2D eigenvalue weighted by molar-refractivity contribution is 0.0696. The Morgan fingerprint density at radius 2 is 2.04 bits per heavy atom. The van der Waals surface area contributed by atoms with E-state index in [0.29, 0.717) is 11.3 Å². The normalized spacial score (nSPS) is 11.6. The first-order valence-corrected chi connectivity index (χ1v) is 8.43. The predicted molar refractivity (Wildman–Crippen MR) is 83.5 cm³/mol. The van der Waals surface area contributed by atoms with Gasteiger partial charge in [-0.2, -0.15) is 10.2 Å². The van der Waals surface area contributed by atoms with Gasteiger partial charge in [-0.1, -0.05) is 19.9 Å². The van der Waals surface area contributed by atoms with Crippen molar-refractivity contribution in [2.24, 2.45) is 0 Å². The van der Waals surface area contributed by atoms with Gasteiger partial charge in [-0.15, -0.1) is 0 Å². The summed E-state index contributed by atoms with van der Waals surface area (Å²) >= 11 is 0. The van der Waals surface area contributed by atoms with Crippen LogP contribution < -0.4 is 4.72 Å². The number of rotatable bonds is 6. The van der Waals surface area contributed by atoms with Crippen LogP contribution in [0.25, 0.3) is 0 Å². The molecule has 0 unspecified atom stereocenters. The van der Waals surface area contributed by atoms with Gasteiger partial charge in [-0.05, 0) is 35.7 Å². The molecule has 0 bridgehead atoms. The molecule has 122 valence electrons.